The lowest BCUT2D eigenvalue weighted by molar-refractivity contribution is 0.262. The summed E-state index contributed by atoms with van der Waals surface area (Å²) in [5, 5.41) is 8.17. The van der Waals surface area contributed by atoms with E-state index >= 15 is 0 Å². The number of amides is 2. The normalized spacial score (nSPS) is 10.9. The maximum Gasteiger partial charge on any atom is 0.323 e. The monoisotopic (exact) mass is 400 g/mol. The third kappa shape index (κ3) is 3.39. The van der Waals surface area contributed by atoms with Gasteiger partial charge in [-0.15, -0.1) is 0 Å². The van der Waals surface area contributed by atoms with Gasteiger partial charge in [0.1, 0.15) is 16.9 Å². The molecule has 0 saturated heterocycles. The molecule has 1 aromatic heterocycles. The highest BCUT2D eigenvalue weighted by Crippen LogP contribution is 2.36. The Kier molecular flexibility index (Phi) is 4.56. The van der Waals surface area contributed by atoms with Crippen molar-refractivity contribution in [2.24, 2.45) is 0 Å². The van der Waals surface area contributed by atoms with Gasteiger partial charge in [-0.2, -0.15) is 0 Å². The number of hydrogen-bond acceptors (Lipinski definition) is 3. The van der Waals surface area contributed by atoms with Crippen LogP contribution in [0.1, 0.15) is 0 Å². The van der Waals surface area contributed by atoms with E-state index in [0.29, 0.717) is 32.8 Å². The van der Waals surface area contributed by atoms with Gasteiger partial charge in [-0.25, -0.2) is 4.79 Å². The van der Waals surface area contributed by atoms with Gasteiger partial charge in [-0.1, -0.05) is 41.4 Å². The van der Waals surface area contributed by atoms with E-state index in [1.807, 2.05) is 30.3 Å². The van der Waals surface area contributed by atoms with Crippen LogP contribution in [0.25, 0.3) is 21.9 Å². The minimum Gasteiger partial charge on any atom is -0.495 e. The molecule has 5 nitrogen and oxygen atoms in total. The van der Waals surface area contributed by atoms with E-state index in [4.69, 9.17) is 32.4 Å². The van der Waals surface area contributed by atoms with E-state index in [1.165, 1.54) is 0 Å². The van der Waals surface area contributed by atoms with Gasteiger partial charge in [0.05, 0.1) is 23.5 Å². The molecule has 136 valence electrons. The maximum absolute atomic E-state index is 12.4. The Hall–Kier alpha value is -2.89. The van der Waals surface area contributed by atoms with Crippen molar-refractivity contribution < 1.29 is 13.9 Å². The molecule has 0 aliphatic rings. The van der Waals surface area contributed by atoms with Crippen LogP contribution in [0.4, 0.5) is 16.2 Å². The van der Waals surface area contributed by atoms with Crippen molar-refractivity contribution in [2.45, 2.75) is 0 Å². The molecule has 1 heterocycles. The van der Waals surface area contributed by atoms with Crippen LogP contribution in [0.2, 0.25) is 10.0 Å². The number of rotatable bonds is 3. The largest absolute Gasteiger partial charge is 0.495 e. The molecule has 0 unspecified atom stereocenters. The summed E-state index contributed by atoms with van der Waals surface area (Å²) in [5.41, 5.74) is 2.34. The zero-order chi connectivity index (χ0) is 19.0. The second-order valence-corrected chi connectivity index (χ2v) is 6.69. The van der Waals surface area contributed by atoms with Crippen LogP contribution in [0.15, 0.2) is 59.0 Å². The van der Waals surface area contributed by atoms with Crippen molar-refractivity contribution in [1.29, 1.82) is 0 Å². The molecule has 2 amide bonds. The Morgan fingerprint density at radius 3 is 2.48 bits per heavy atom. The van der Waals surface area contributed by atoms with E-state index in [-0.39, 0.29) is 0 Å². The van der Waals surface area contributed by atoms with E-state index in [9.17, 15) is 4.79 Å². The molecule has 7 heteroatoms. The van der Waals surface area contributed by atoms with Crippen LogP contribution in [0.5, 0.6) is 5.75 Å². The van der Waals surface area contributed by atoms with E-state index in [1.54, 1.807) is 31.4 Å². The standard InChI is InChI=1S/C20H14Cl2N2O3/c1-26-19-9-13-12-4-2-3-5-17(12)27-18(13)10-16(19)24-20(25)23-15-7-6-11(21)8-14(15)22/h2-10H,1H3,(H2,23,24,25). The number of furan rings is 1. The zero-order valence-electron chi connectivity index (χ0n) is 14.2. The van der Waals surface area contributed by atoms with Crippen molar-refractivity contribution in [3.63, 3.8) is 0 Å². The molecule has 4 rings (SSSR count). The first-order chi connectivity index (χ1) is 13.0. The first kappa shape index (κ1) is 17.5. The van der Waals surface area contributed by atoms with E-state index in [2.05, 4.69) is 10.6 Å². The Bertz CT molecular complexity index is 1170. The van der Waals surface area contributed by atoms with Crippen LogP contribution < -0.4 is 15.4 Å². The number of nitrogens with one attached hydrogen (secondary N) is 2. The number of para-hydroxylation sites is 1. The van der Waals surface area contributed by atoms with E-state index < -0.39 is 6.03 Å². The molecular formula is C20H14Cl2N2O3. The van der Waals surface area contributed by atoms with Crippen LogP contribution in [-0.2, 0) is 0 Å². The fraction of sp³-hybridized carbons (Fsp3) is 0.0500. The number of benzene rings is 3. The second kappa shape index (κ2) is 7.02. The summed E-state index contributed by atoms with van der Waals surface area (Å²) in [6, 6.07) is 15.7. The summed E-state index contributed by atoms with van der Waals surface area (Å²) in [4.78, 5) is 12.4. The van der Waals surface area contributed by atoms with Gasteiger partial charge >= 0.3 is 6.03 Å². The third-order valence-electron chi connectivity index (χ3n) is 4.13. The summed E-state index contributed by atoms with van der Waals surface area (Å²) < 4.78 is 11.3. The van der Waals surface area contributed by atoms with Crippen LogP contribution in [0, 0.1) is 0 Å². The van der Waals surface area contributed by atoms with Gasteiger partial charge < -0.3 is 19.8 Å². The van der Waals surface area contributed by atoms with E-state index in [0.717, 1.165) is 16.4 Å². The Labute approximate surface area is 164 Å². The summed E-state index contributed by atoms with van der Waals surface area (Å²) in [6.07, 6.45) is 0. The molecule has 0 atom stereocenters. The molecule has 0 aliphatic heterocycles. The van der Waals surface area contributed by atoms with Gasteiger partial charge in [0.25, 0.3) is 0 Å². The molecule has 0 spiro atoms. The highest BCUT2D eigenvalue weighted by Gasteiger charge is 2.14. The molecule has 0 saturated carbocycles. The van der Waals surface area contributed by atoms with Crippen molar-refractivity contribution in [1.82, 2.24) is 0 Å². The summed E-state index contributed by atoms with van der Waals surface area (Å²) in [6.45, 7) is 0. The van der Waals surface area contributed by atoms with Crippen LogP contribution in [0.3, 0.4) is 0 Å². The van der Waals surface area contributed by atoms with Gasteiger partial charge in [0.2, 0.25) is 0 Å². The highest BCUT2D eigenvalue weighted by atomic mass is 35.5. The minimum atomic E-state index is -0.465. The first-order valence-electron chi connectivity index (χ1n) is 8.07. The average Bonchev–Trinajstić information content (AvgIpc) is 3.00. The molecule has 2 N–H and O–H groups in total. The van der Waals surface area contributed by atoms with Crippen molar-refractivity contribution in [3.8, 4) is 5.75 Å². The predicted molar refractivity (Wildman–Crippen MR) is 109 cm³/mol. The fourth-order valence-electron chi connectivity index (χ4n) is 2.88. The number of anilines is 2. The number of halogens is 2. The smallest absolute Gasteiger partial charge is 0.323 e. The number of ether oxygens (including phenoxy) is 1. The minimum absolute atomic E-state index is 0.345. The summed E-state index contributed by atoms with van der Waals surface area (Å²) in [7, 11) is 1.54. The topological polar surface area (TPSA) is 63.5 Å². The number of methoxy groups -OCH3 is 1. The van der Waals surface area contributed by atoms with Gasteiger partial charge in [-0.3, -0.25) is 0 Å². The van der Waals surface area contributed by atoms with Gasteiger partial charge in [0, 0.05) is 21.9 Å². The molecule has 0 bridgehead atoms. The predicted octanol–water partition coefficient (Wildman–Crippen LogP) is 6.55. The molecule has 27 heavy (non-hydrogen) atoms. The number of carbonyl (C=O) groups excluding carboxylic acids is 1. The van der Waals surface area contributed by atoms with Crippen molar-refractivity contribution in [2.75, 3.05) is 17.7 Å². The zero-order valence-corrected chi connectivity index (χ0v) is 15.7. The highest BCUT2D eigenvalue weighted by molar-refractivity contribution is 6.36. The van der Waals surface area contributed by atoms with Gasteiger partial charge in [-0.05, 0) is 30.3 Å². The number of hydrogen-bond donors (Lipinski definition) is 2. The molecule has 0 aliphatic carbocycles. The Morgan fingerprint density at radius 2 is 1.70 bits per heavy atom. The quantitative estimate of drug-likeness (QED) is 0.409. The van der Waals surface area contributed by atoms with Crippen molar-refractivity contribution in [3.05, 3.63) is 64.6 Å². The van der Waals surface area contributed by atoms with Crippen LogP contribution >= 0.6 is 23.2 Å². The Morgan fingerprint density at radius 1 is 0.926 bits per heavy atom. The molecule has 4 aromatic rings. The van der Waals surface area contributed by atoms with Gasteiger partial charge in [0.15, 0.2) is 0 Å². The molecule has 3 aromatic carbocycles. The Balaban J connectivity index is 1.66. The first-order valence-corrected chi connectivity index (χ1v) is 8.83. The molecular weight excluding hydrogens is 387 g/mol. The average molecular weight is 401 g/mol. The number of carbonyl (C=O) groups is 1. The third-order valence-corrected chi connectivity index (χ3v) is 4.67. The lowest BCUT2D eigenvalue weighted by Crippen LogP contribution is -2.20. The fourth-order valence-corrected chi connectivity index (χ4v) is 3.34. The van der Waals surface area contributed by atoms with Crippen molar-refractivity contribution >= 4 is 62.5 Å². The lowest BCUT2D eigenvalue weighted by atomic mass is 10.1. The lowest BCUT2D eigenvalue weighted by Gasteiger charge is -2.12. The maximum atomic E-state index is 12.4. The molecule has 0 radical (unpaired) electrons. The molecule has 0 fully saturated rings. The number of urea groups is 1. The van der Waals surface area contributed by atoms with Crippen LogP contribution in [-0.4, -0.2) is 13.1 Å². The SMILES string of the molecule is COc1cc2c(cc1NC(=O)Nc1ccc(Cl)cc1Cl)oc1ccccc12. The summed E-state index contributed by atoms with van der Waals surface area (Å²) >= 11 is 12.0. The second-order valence-electron chi connectivity index (χ2n) is 5.85. The number of fused-ring (bicyclic) bond motifs is 3. The summed E-state index contributed by atoms with van der Waals surface area (Å²) in [5.74, 6) is 0.520.